The van der Waals surface area contributed by atoms with Crippen molar-refractivity contribution >= 4 is 45.1 Å². The third-order valence-electron chi connectivity index (χ3n) is 1.52. The molecule has 1 N–H and O–H groups in total. The molecule has 0 amide bonds. The summed E-state index contributed by atoms with van der Waals surface area (Å²) < 4.78 is 0.804. The van der Waals surface area contributed by atoms with E-state index in [9.17, 15) is 0 Å². The van der Waals surface area contributed by atoms with Crippen molar-refractivity contribution in [1.82, 2.24) is 9.97 Å². The summed E-state index contributed by atoms with van der Waals surface area (Å²) in [5.41, 5.74) is 0. The minimum absolute atomic E-state index is 0.238. The molecule has 0 aliphatic rings. The molecule has 1 heterocycles. The lowest BCUT2D eigenvalue weighted by atomic mass is 10.5. The predicted octanol–water partition coefficient (Wildman–Crippen LogP) is 3.57. The highest BCUT2D eigenvalue weighted by Gasteiger charge is 2.07. The molecule has 0 aliphatic carbocycles. The van der Waals surface area contributed by atoms with Crippen LogP contribution < -0.4 is 5.32 Å². The summed E-state index contributed by atoms with van der Waals surface area (Å²) in [6, 6.07) is 0. The lowest BCUT2D eigenvalue weighted by molar-refractivity contribution is 1.06. The van der Waals surface area contributed by atoms with Gasteiger partial charge in [0, 0.05) is 11.9 Å². The molecule has 0 spiro atoms. The molecular formula is C9H11BrClN3S. The Hall–Kier alpha value is -0.260. The van der Waals surface area contributed by atoms with Crippen LogP contribution in [0.4, 0.5) is 5.82 Å². The summed E-state index contributed by atoms with van der Waals surface area (Å²) >= 11 is 10.8. The monoisotopic (exact) mass is 307 g/mol. The number of nitrogens with one attached hydrogen (secondary N) is 1. The summed E-state index contributed by atoms with van der Waals surface area (Å²) in [7, 11) is 0. The van der Waals surface area contributed by atoms with Gasteiger partial charge in [-0.05, 0) is 34.5 Å². The van der Waals surface area contributed by atoms with E-state index in [-0.39, 0.29) is 10.7 Å². The van der Waals surface area contributed by atoms with E-state index in [0.717, 1.165) is 10.2 Å². The summed E-state index contributed by atoms with van der Waals surface area (Å²) in [6.45, 7) is 5.72. The highest BCUT2D eigenvalue weighted by atomic mass is 79.9. The normalized spacial score (nSPS) is 12.2. The molecule has 1 unspecified atom stereocenters. The molecule has 1 aromatic rings. The Morgan fingerprint density at radius 3 is 3.20 bits per heavy atom. The van der Waals surface area contributed by atoms with Gasteiger partial charge < -0.3 is 5.32 Å². The van der Waals surface area contributed by atoms with Gasteiger partial charge in [-0.3, -0.25) is 0 Å². The molecule has 15 heavy (non-hydrogen) atoms. The maximum absolute atomic E-state index is 5.70. The minimum atomic E-state index is 0.238. The van der Waals surface area contributed by atoms with E-state index in [1.54, 1.807) is 18.0 Å². The molecule has 0 radical (unpaired) electrons. The van der Waals surface area contributed by atoms with Gasteiger partial charge in [0.25, 0.3) is 0 Å². The number of thioether (sulfide) groups is 1. The van der Waals surface area contributed by atoms with Gasteiger partial charge in [0.1, 0.15) is 5.82 Å². The fraction of sp³-hybridized carbons (Fsp3) is 0.333. The lowest BCUT2D eigenvalue weighted by Crippen LogP contribution is -2.13. The molecule has 0 aromatic carbocycles. The molecule has 82 valence electrons. The maximum atomic E-state index is 5.70. The Kier molecular flexibility index (Phi) is 5.42. The van der Waals surface area contributed by atoms with Gasteiger partial charge in [-0.2, -0.15) is 4.98 Å². The van der Waals surface area contributed by atoms with Crippen molar-refractivity contribution in [3.8, 4) is 0 Å². The summed E-state index contributed by atoms with van der Waals surface area (Å²) in [6.07, 6.45) is 3.49. The van der Waals surface area contributed by atoms with Crippen molar-refractivity contribution in [1.29, 1.82) is 0 Å². The van der Waals surface area contributed by atoms with E-state index in [0.29, 0.717) is 5.82 Å². The number of hydrogen-bond acceptors (Lipinski definition) is 4. The third-order valence-corrected chi connectivity index (χ3v) is 3.33. The van der Waals surface area contributed by atoms with Crippen LogP contribution in [0.15, 0.2) is 23.3 Å². The number of anilines is 1. The van der Waals surface area contributed by atoms with Crippen molar-refractivity contribution in [3.05, 3.63) is 28.6 Å². The zero-order valence-corrected chi connectivity index (χ0v) is 11.4. The number of hydrogen-bond donors (Lipinski definition) is 1. The van der Waals surface area contributed by atoms with Gasteiger partial charge in [-0.15, -0.1) is 18.3 Å². The Labute approximate surface area is 107 Å². The number of aromatic nitrogens is 2. The molecule has 1 aromatic heterocycles. The van der Waals surface area contributed by atoms with Crippen LogP contribution in [0, 0.1) is 0 Å². The van der Waals surface area contributed by atoms with E-state index in [4.69, 9.17) is 11.6 Å². The summed E-state index contributed by atoms with van der Waals surface area (Å²) in [5.74, 6) is 1.60. The number of nitrogens with zero attached hydrogens (tertiary/aromatic N) is 2. The molecule has 0 saturated carbocycles. The van der Waals surface area contributed by atoms with Crippen LogP contribution >= 0.6 is 39.3 Å². The fourth-order valence-corrected chi connectivity index (χ4v) is 1.95. The second-order valence-electron chi connectivity index (χ2n) is 2.74. The van der Waals surface area contributed by atoms with Crippen LogP contribution in [0.5, 0.6) is 0 Å². The second kappa shape index (κ2) is 6.35. The van der Waals surface area contributed by atoms with Gasteiger partial charge in [0.05, 0.1) is 9.85 Å². The van der Waals surface area contributed by atoms with E-state index in [2.05, 4.69) is 44.7 Å². The SMILES string of the molecule is C=CCSC(C)Nc1nc(Cl)ncc1Br. The molecule has 1 rings (SSSR count). The lowest BCUT2D eigenvalue weighted by Gasteiger charge is -2.13. The molecular weight excluding hydrogens is 298 g/mol. The van der Waals surface area contributed by atoms with E-state index >= 15 is 0 Å². The van der Waals surface area contributed by atoms with Crippen molar-refractivity contribution in [2.24, 2.45) is 0 Å². The molecule has 6 heteroatoms. The Balaban J connectivity index is 2.62. The topological polar surface area (TPSA) is 37.8 Å². The molecule has 0 aliphatic heterocycles. The van der Waals surface area contributed by atoms with E-state index < -0.39 is 0 Å². The second-order valence-corrected chi connectivity index (χ2v) is 5.31. The number of halogens is 2. The van der Waals surface area contributed by atoms with Gasteiger partial charge in [0.2, 0.25) is 5.28 Å². The zero-order chi connectivity index (χ0) is 11.3. The Bertz CT molecular complexity index is 348. The van der Waals surface area contributed by atoms with Gasteiger partial charge in [-0.1, -0.05) is 6.08 Å². The first-order chi connectivity index (χ1) is 7.13. The molecule has 0 saturated heterocycles. The molecule has 1 atom stereocenters. The fourth-order valence-electron chi connectivity index (χ4n) is 0.893. The third kappa shape index (κ3) is 4.40. The highest BCUT2D eigenvalue weighted by Crippen LogP contribution is 2.23. The highest BCUT2D eigenvalue weighted by molar-refractivity contribution is 9.10. The first-order valence-corrected chi connectivity index (χ1v) is 6.52. The average Bonchev–Trinajstić information content (AvgIpc) is 2.20. The Morgan fingerprint density at radius 2 is 2.53 bits per heavy atom. The van der Waals surface area contributed by atoms with E-state index in [1.165, 1.54) is 0 Å². The van der Waals surface area contributed by atoms with Crippen LogP contribution in [0.3, 0.4) is 0 Å². The zero-order valence-electron chi connectivity index (χ0n) is 8.20. The van der Waals surface area contributed by atoms with Gasteiger partial charge in [0.15, 0.2) is 0 Å². The van der Waals surface area contributed by atoms with E-state index in [1.807, 2.05) is 6.08 Å². The maximum Gasteiger partial charge on any atom is 0.224 e. The standard InChI is InChI=1S/C9H11BrClN3S/c1-3-4-15-6(2)13-8-7(10)5-12-9(11)14-8/h3,5-6H,1,4H2,2H3,(H,12,13,14). The van der Waals surface area contributed by atoms with Crippen LogP contribution in [-0.4, -0.2) is 21.1 Å². The van der Waals surface area contributed by atoms with Crippen molar-refractivity contribution in [2.75, 3.05) is 11.1 Å². The van der Waals surface area contributed by atoms with Crippen molar-refractivity contribution in [2.45, 2.75) is 12.3 Å². The number of rotatable bonds is 5. The largest absolute Gasteiger partial charge is 0.358 e. The average molecular weight is 309 g/mol. The predicted molar refractivity (Wildman–Crippen MR) is 70.5 cm³/mol. The van der Waals surface area contributed by atoms with Crippen LogP contribution in [0.1, 0.15) is 6.92 Å². The van der Waals surface area contributed by atoms with Crippen molar-refractivity contribution < 1.29 is 0 Å². The molecule has 0 fully saturated rings. The van der Waals surface area contributed by atoms with Crippen LogP contribution in [-0.2, 0) is 0 Å². The summed E-state index contributed by atoms with van der Waals surface area (Å²) in [4.78, 5) is 7.93. The van der Waals surface area contributed by atoms with Gasteiger partial charge >= 0.3 is 0 Å². The molecule has 3 nitrogen and oxygen atoms in total. The first-order valence-electron chi connectivity index (χ1n) is 4.30. The Morgan fingerprint density at radius 1 is 1.80 bits per heavy atom. The minimum Gasteiger partial charge on any atom is -0.358 e. The first kappa shape index (κ1) is 12.8. The smallest absolute Gasteiger partial charge is 0.224 e. The summed E-state index contributed by atoms with van der Waals surface area (Å²) in [5, 5.41) is 3.70. The quantitative estimate of drug-likeness (QED) is 0.513. The van der Waals surface area contributed by atoms with Crippen LogP contribution in [0.25, 0.3) is 0 Å². The van der Waals surface area contributed by atoms with Crippen LogP contribution in [0.2, 0.25) is 5.28 Å². The van der Waals surface area contributed by atoms with Crippen molar-refractivity contribution in [3.63, 3.8) is 0 Å². The van der Waals surface area contributed by atoms with Gasteiger partial charge in [-0.25, -0.2) is 4.98 Å². The molecule has 0 bridgehead atoms.